The molecule has 0 unspecified atom stereocenters. The monoisotopic (exact) mass is 255 g/mol. The van der Waals surface area contributed by atoms with Crippen LogP contribution in [-0.2, 0) is 4.74 Å². The second-order valence-corrected chi connectivity index (χ2v) is 6.17. The van der Waals surface area contributed by atoms with E-state index in [4.69, 9.17) is 4.74 Å². The van der Waals surface area contributed by atoms with Gasteiger partial charge in [0.15, 0.2) is 0 Å². The summed E-state index contributed by atoms with van der Waals surface area (Å²) in [5.74, 6) is 0. The summed E-state index contributed by atoms with van der Waals surface area (Å²) in [4.78, 5) is 0. The standard InChI is InChI=1S/C16H33NO/c1-6-7-8-9-10-11-12-18-14-15(2)13-17-16(3,4)5/h17H,2,6-14H2,1,3-5H3. The highest BCUT2D eigenvalue weighted by molar-refractivity contribution is 4.98. The van der Waals surface area contributed by atoms with E-state index in [1.807, 2.05) is 0 Å². The first kappa shape index (κ1) is 17.7. The predicted molar refractivity (Wildman–Crippen MR) is 81.1 cm³/mol. The van der Waals surface area contributed by atoms with Crippen molar-refractivity contribution in [3.8, 4) is 0 Å². The molecule has 0 aliphatic rings. The van der Waals surface area contributed by atoms with Gasteiger partial charge in [-0.1, -0.05) is 45.6 Å². The Kier molecular flexibility index (Phi) is 10.4. The molecule has 2 heteroatoms. The summed E-state index contributed by atoms with van der Waals surface area (Å²) < 4.78 is 5.63. The maximum atomic E-state index is 5.63. The summed E-state index contributed by atoms with van der Waals surface area (Å²) in [6.45, 7) is 15.2. The van der Waals surface area contributed by atoms with Gasteiger partial charge in [-0.2, -0.15) is 0 Å². The Morgan fingerprint density at radius 3 is 2.28 bits per heavy atom. The highest BCUT2D eigenvalue weighted by atomic mass is 16.5. The molecule has 0 saturated carbocycles. The Labute approximate surface area is 114 Å². The van der Waals surface area contributed by atoms with Gasteiger partial charge >= 0.3 is 0 Å². The van der Waals surface area contributed by atoms with Crippen LogP contribution in [0.15, 0.2) is 12.2 Å². The van der Waals surface area contributed by atoms with E-state index in [0.717, 1.165) is 18.7 Å². The third-order valence-electron chi connectivity index (χ3n) is 2.82. The van der Waals surface area contributed by atoms with Crippen molar-refractivity contribution in [2.75, 3.05) is 19.8 Å². The van der Waals surface area contributed by atoms with E-state index in [1.54, 1.807) is 0 Å². The Bertz CT molecular complexity index is 206. The Hall–Kier alpha value is -0.340. The van der Waals surface area contributed by atoms with Gasteiger partial charge in [0, 0.05) is 18.7 Å². The van der Waals surface area contributed by atoms with E-state index in [2.05, 4.69) is 39.6 Å². The first-order valence-corrected chi connectivity index (χ1v) is 7.45. The summed E-state index contributed by atoms with van der Waals surface area (Å²) in [6, 6.07) is 0. The highest BCUT2D eigenvalue weighted by Gasteiger charge is 2.08. The molecule has 1 N–H and O–H groups in total. The lowest BCUT2D eigenvalue weighted by Gasteiger charge is -2.21. The third kappa shape index (κ3) is 13.7. The van der Waals surface area contributed by atoms with Gasteiger partial charge in [-0.05, 0) is 32.8 Å². The van der Waals surface area contributed by atoms with Crippen LogP contribution in [0.25, 0.3) is 0 Å². The largest absolute Gasteiger partial charge is 0.377 e. The van der Waals surface area contributed by atoms with Gasteiger partial charge in [0.1, 0.15) is 0 Å². The topological polar surface area (TPSA) is 21.3 Å². The number of rotatable bonds is 11. The van der Waals surface area contributed by atoms with Crippen LogP contribution in [0.2, 0.25) is 0 Å². The molecule has 0 aromatic heterocycles. The van der Waals surface area contributed by atoms with E-state index in [0.29, 0.717) is 6.61 Å². The summed E-state index contributed by atoms with van der Waals surface area (Å²) in [7, 11) is 0. The SMILES string of the molecule is C=C(CNC(C)(C)C)COCCCCCCCC. The number of nitrogens with one attached hydrogen (secondary N) is 1. The lowest BCUT2D eigenvalue weighted by Crippen LogP contribution is -2.37. The Balaban J connectivity index is 3.25. The second-order valence-electron chi connectivity index (χ2n) is 6.17. The normalized spacial score (nSPS) is 11.8. The molecule has 0 bridgehead atoms. The highest BCUT2D eigenvalue weighted by Crippen LogP contribution is 2.05. The van der Waals surface area contributed by atoms with Crippen molar-refractivity contribution in [3.63, 3.8) is 0 Å². The molecule has 108 valence electrons. The maximum absolute atomic E-state index is 5.63. The molecule has 0 atom stereocenters. The molecule has 0 amide bonds. The van der Waals surface area contributed by atoms with Crippen molar-refractivity contribution in [3.05, 3.63) is 12.2 Å². The fourth-order valence-corrected chi connectivity index (χ4v) is 1.64. The van der Waals surface area contributed by atoms with Crippen molar-refractivity contribution >= 4 is 0 Å². The van der Waals surface area contributed by atoms with Gasteiger partial charge in [0.25, 0.3) is 0 Å². The van der Waals surface area contributed by atoms with Gasteiger partial charge in [0.2, 0.25) is 0 Å². The van der Waals surface area contributed by atoms with E-state index < -0.39 is 0 Å². The lowest BCUT2D eigenvalue weighted by atomic mass is 10.1. The van der Waals surface area contributed by atoms with Gasteiger partial charge in [-0.3, -0.25) is 0 Å². The molecule has 0 aromatic carbocycles. The average molecular weight is 255 g/mol. The summed E-state index contributed by atoms with van der Waals surface area (Å²) in [5, 5.41) is 3.42. The number of hydrogen-bond acceptors (Lipinski definition) is 2. The third-order valence-corrected chi connectivity index (χ3v) is 2.82. The van der Waals surface area contributed by atoms with Gasteiger partial charge in [-0.25, -0.2) is 0 Å². The molecule has 0 rings (SSSR count). The quantitative estimate of drug-likeness (QED) is 0.439. The van der Waals surface area contributed by atoms with Gasteiger partial charge in [0.05, 0.1) is 6.61 Å². The van der Waals surface area contributed by atoms with Crippen LogP contribution in [0.5, 0.6) is 0 Å². The van der Waals surface area contributed by atoms with E-state index in [1.165, 1.54) is 38.5 Å². The van der Waals surface area contributed by atoms with Crippen LogP contribution < -0.4 is 5.32 Å². The zero-order valence-electron chi connectivity index (χ0n) is 13.0. The van der Waals surface area contributed by atoms with E-state index in [9.17, 15) is 0 Å². The van der Waals surface area contributed by atoms with Crippen LogP contribution in [0, 0.1) is 0 Å². The molecular weight excluding hydrogens is 222 g/mol. The van der Waals surface area contributed by atoms with E-state index in [-0.39, 0.29) is 5.54 Å². The zero-order valence-corrected chi connectivity index (χ0v) is 13.0. The van der Waals surface area contributed by atoms with Crippen molar-refractivity contribution in [2.45, 2.75) is 71.8 Å². The predicted octanol–water partition coefficient (Wildman–Crippen LogP) is 4.31. The Morgan fingerprint density at radius 2 is 1.67 bits per heavy atom. The minimum atomic E-state index is 0.155. The van der Waals surface area contributed by atoms with Crippen LogP contribution in [0.3, 0.4) is 0 Å². The minimum absolute atomic E-state index is 0.155. The fraction of sp³-hybridized carbons (Fsp3) is 0.875. The lowest BCUT2D eigenvalue weighted by molar-refractivity contribution is 0.149. The fourth-order valence-electron chi connectivity index (χ4n) is 1.64. The smallest absolute Gasteiger partial charge is 0.0686 e. The molecular formula is C16H33NO. The molecule has 0 radical (unpaired) electrons. The molecule has 2 nitrogen and oxygen atoms in total. The minimum Gasteiger partial charge on any atom is -0.377 e. The summed E-state index contributed by atoms with van der Waals surface area (Å²) >= 11 is 0. The van der Waals surface area contributed by atoms with E-state index >= 15 is 0 Å². The zero-order chi connectivity index (χ0) is 13.9. The molecule has 0 aromatic rings. The maximum Gasteiger partial charge on any atom is 0.0686 e. The molecule has 18 heavy (non-hydrogen) atoms. The second kappa shape index (κ2) is 10.6. The average Bonchev–Trinajstić information content (AvgIpc) is 2.29. The first-order valence-electron chi connectivity index (χ1n) is 7.45. The molecule has 0 spiro atoms. The number of unbranched alkanes of at least 4 members (excludes halogenated alkanes) is 5. The Morgan fingerprint density at radius 1 is 1.06 bits per heavy atom. The summed E-state index contributed by atoms with van der Waals surface area (Å²) in [5.41, 5.74) is 1.29. The number of ether oxygens (including phenoxy) is 1. The molecule has 0 saturated heterocycles. The van der Waals surface area contributed by atoms with Crippen LogP contribution in [0.1, 0.15) is 66.2 Å². The van der Waals surface area contributed by atoms with Crippen molar-refractivity contribution < 1.29 is 4.74 Å². The van der Waals surface area contributed by atoms with Crippen LogP contribution >= 0.6 is 0 Å². The summed E-state index contributed by atoms with van der Waals surface area (Å²) in [6.07, 6.45) is 7.89. The van der Waals surface area contributed by atoms with Crippen LogP contribution in [-0.4, -0.2) is 25.3 Å². The number of hydrogen-bond donors (Lipinski definition) is 1. The molecule has 0 fully saturated rings. The first-order chi connectivity index (χ1) is 8.45. The van der Waals surface area contributed by atoms with Crippen molar-refractivity contribution in [1.29, 1.82) is 0 Å². The molecule has 0 heterocycles. The van der Waals surface area contributed by atoms with Crippen LogP contribution in [0.4, 0.5) is 0 Å². The van der Waals surface area contributed by atoms with Crippen molar-refractivity contribution in [2.24, 2.45) is 0 Å². The van der Waals surface area contributed by atoms with Gasteiger partial charge < -0.3 is 10.1 Å². The van der Waals surface area contributed by atoms with Crippen molar-refractivity contribution in [1.82, 2.24) is 5.32 Å². The molecule has 0 aliphatic carbocycles. The van der Waals surface area contributed by atoms with Gasteiger partial charge in [-0.15, -0.1) is 0 Å². The molecule has 0 aliphatic heterocycles.